The van der Waals surface area contributed by atoms with Gasteiger partial charge in [-0.2, -0.15) is 0 Å². The van der Waals surface area contributed by atoms with Crippen LogP contribution in [0.2, 0.25) is 5.02 Å². The summed E-state index contributed by atoms with van der Waals surface area (Å²) in [5.41, 5.74) is -0.933. The zero-order chi connectivity index (χ0) is 11.8. The molecule has 84 valence electrons. The van der Waals surface area contributed by atoms with E-state index in [9.17, 15) is 9.50 Å². The smallest absolute Gasteiger partial charge is 0.141 e. The van der Waals surface area contributed by atoms with Gasteiger partial charge in [-0.15, -0.1) is 11.3 Å². The van der Waals surface area contributed by atoms with Crippen LogP contribution in [0.4, 0.5) is 4.39 Å². The van der Waals surface area contributed by atoms with Crippen LogP contribution in [0.1, 0.15) is 17.4 Å². The molecule has 0 amide bonds. The number of aliphatic hydroxyl groups is 1. The number of thiophene rings is 1. The number of aromatic nitrogens is 1. The average Bonchev–Trinajstić information content (AvgIpc) is 2.65. The number of rotatable bonds is 2. The predicted molar refractivity (Wildman–Crippen MR) is 62.2 cm³/mol. The summed E-state index contributed by atoms with van der Waals surface area (Å²) in [5, 5.41) is 12.6. The molecule has 2 heterocycles. The fourth-order valence-corrected chi connectivity index (χ4v) is 2.77. The highest BCUT2D eigenvalue weighted by Crippen LogP contribution is 2.37. The van der Waals surface area contributed by atoms with Crippen LogP contribution < -0.4 is 0 Å². The average molecular weight is 258 g/mol. The van der Waals surface area contributed by atoms with Crippen molar-refractivity contribution in [3.8, 4) is 0 Å². The largest absolute Gasteiger partial charge is 0.380 e. The number of halogens is 2. The molecule has 0 aliphatic carbocycles. The van der Waals surface area contributed by atoms with Crippen LogP contribution >= 0.6 is 22.9 Å². The van der Waals surface area contributed by atoms with E-state index < -0.39 is 11.4 Å². The molecule has 1 N–H and O–H groups in total. The molecule has 0 radical (unpaired) electrons. The molecule has 0 aromatic carbocycles. The molecule has 2 nitrogen and oxygen atoms in total. The van der Waals surface area contributed by atoms with E-state index in [1.807, 2.05) is 0 Å². The third-order valence-electron chi connectivity index (χ3n) is 2.33. The monoisotopic (exact) mass is 257 g/mol. The molecule has 2 aromatic rings. The second kappa shape index (κ2) is 4.13. The van der Waals surface area contributed by atoms with Crippen molar-refractivity contribution in [1.82, 2.24) is 4.98 Å². The van der Waals surface area contributed by atoms with E-state index >= 15 is 0 Å². The topological polar surface area (TPSA) is 33.1 Å². The molecule has 0 fully saturated rings. The van der Waals surface area contributed by atoms with Crippen LogP contribution in [0.15, 0.2) is 29.9 Å². The fraction of sp³-hybridized carbons (Fsp3) is 0.182. The maximum atomic E-state index is 13.0. The van der Waals surface area contributed by atoms with Gasteiger partial charge in [0.05, 0.1) is 16.1 Å². The maximum absolute atomic E-state index is 13.0. The van der Waals surface area contributed by atoms with Crippen LogP contribution in [-0.4, -0.2) is 10.1 Å². The lowest BCUT2D eigenvalue weighted by Crippen LogP contribution is -2.22. The molecule has 0 aliphatic rings. The van der Waals surface area contributed by atoms with Gasteiger partial charge in [0.2, 0.25) is 0 Å². The van der Waals surface area contributed by atoms with Gasteiger partial charge in [-0.05, 0) is 24.4 Å². The number of hydrogen-bond acceptors (Lipinski definition) is 3. The van der Waals surface area contributed by atoms with E-state index in [1.165, 1.54) is 23.6 Å². The predicted octanol–water partition coefficient (Wildman–Crippen LogP) is 3.19. The normalized spacial score (nSPS) is 14.8. The molecular weight excluding hydrogens is 249 g/mol. The highest BCUT2D eigenvalue weighted by molar-refractivity contribution is 7.10. The van der Waals surface area contributed by atoms with E-state index in [4.69, 9.17) is 11.6 Å². The number of hydrogen-bond donors (Lipinski definition) is 1. The summed E-state index contributed by atoms with van der Waals surface area (Å²) in [6.45, 7) is 1.57. The van der Waals surface area contributed by atoms with Gasteiger partial charge in [0.25, 0.3) is 0 Å². The van der Waals surface area contributed by atoms with Crippen molar-refractivity contribution in [2.24, 2.45) is 0 Å². The highest BCUT2D eigenvalue weighted by atomic mass is 35.5. The first kappa shape index (κ1) is 11.5. The summed E-state index contributed by atoms with van der Waals surface area (Å²) < 4.78 is 13.0. The maximum Gasteiger partial charge on any atom is 0.141 e. The number of nitrogens with zero attached hydrogens (tertiary/aromatic N) is 1. The van der Waals surface area contributed by atoms with Crippen molar-refractivity contribution >= 4 is 22.9 Å². The van der Waals surface area contributed by atoms with Crippen molar-refractivity contribution in [2.45, 2.75) is 12.5 Å². The summed E-state index contributed by atoms with van der Waals surface area (Å²) in [5.74, 6) is -0.481. The van der Waals surface area contributed by atoms with E-state index in [2.05, 4.69) is 4.98 Å². The minimum Gasteiger partial charge on any atom is -0.380 e. The van der Waals surface area contributed by atoms with Crippen LogP contribution in [0.5, 0.6) is 0 Å². The second-order valence-electron chi connectivity index (χ2n) is 3.56. The molecular formula is C11H9ClFNOS. The summed E-state index contributed by atoms with van der Waals surface area (Å²) in [4.78, 5) is 4.30. The van der Waals surface area contributed by atoms with Crippen LogP contribution in [-0.2, 0) is 5.60 Å². The van der Waals surface area contributed by atoms with E-state index in [-0.39, 0.29) is 0 Å². The fourth-order valence-electron chi connectivity index (χ4n) is 1.45. The van der Waals surface area contributed by atoms with Crippen molar-refractivity contribution in [2.75, 3.05) is 0 Å². The zero-order valence-corrected chi connectivity index (χ0v) is 10.0. The Labute approximate surface area is 101 Å². The Morgan fingerprint density at radius 2 is 2.25 bits per heavy atom. The minimum atomic E-state index is -1.32. The van der Waals surface area contributed by atoms with Crippen LogP contribution in [0.3, 0.4) is 0 Å². The Bertz CT molecular complexity index is 512. The Kier molecular flexibility index (Phi) is 2.97. The first-order valence-corrected chi connectivity index (χ1v) is 5.84. The molecule has 2 rings (SSSR count). The van der Waals surface area contributed by atoms with Gasteiger partial charge >= 0.3 is 0 Å². The lowest BCUT2D eigenvalue weighted by Gasteiger charge is -2.22. The van der Waals surface area contributed by atoms with E-state index in [1.54, 1.807) is 18.4 Å². The molecule has 1 unspecified atom stereocenters. The number of pyridine rings is 1. The Balaban J connectivity index is 2.51. The van der Waals surface area contributed by atoms with Gasteiger partial charge in [-0.1, -0.05) is 11.6 Å². The van der Waals surface area contributed by atoms with Gasteiger partial charge in [-0.25, -0.2) is 4.39 Å². The lowest BCUT2D eigenvalue weighted by atomic mass is 9.96. The zero-order valence-electron chi connectivity index (χ0n) is 8.45. The molecule has 0 saturated carbocycles. The molecule has 0 bridgehead atoms. The Morgan fingerprint density at radius 3 is 2.81 bits per heavy atom. The minimum absolute atomic E-state index is 0.386. The van der Waals surface area contributed by atoms with Gasteiger partial charge < -0.3 is 5.11 Å². The molecule has 16 heavy (non-hydrogen) atoms. The molecule has 0 saturated heterocycles. The van der Waals surface area contributed by atoms with E-state index in [0.29, 0.717) is 15.5 Å². The van der Waals surface area contributed by atoms with Crippen molar-refractivity contribution in [1.29, 1.82) is 0 Å². The molecule has 0 aliphatic heterocycles. The van der Waals surface area contributed by atoms with Crippen molar-refractivity contribution in [3.05, 3.63) is 51.2 Å². The van der Waals surface area contributed by atoms with Crippen molar-refractivity contribution in [3.63, 3.8) is 0 Å². The molecule has 0 spiro atoms. The first-order chi connectivity index (χ1) is 7.51. The van der Waals surface area contributed by atoms with Gasteiger partial charge in [-0.3, -0.25) is 4.98 Å². The molecule has 5 heteroatoms. The van der Waals surface area contributed by atoms with Gasteiger partial charge in [0.15, 0.2) is 0 Å². The van der Waals surface area contributed by atoms with Crippen molar-refractivity contribution < 1.29 is 9.50 Å². The van der Waals surface area contributed by atoms with E-state index in [0.717, 1.165) is 6.20 Å². The second-order valence-corrected chi connectivity index (χ2v) is 4.89. The molecule has 2 aromatic heterocycles. The Hall–Kier alpha value is -0.970. The Morgan fingerprint density at radius 1 is 1.50 bits per heavy atom. The standard InChI is InChI=1S/C11H9ClFNOS/c1-11(15,10-9(12)2-3-16-10)7-4-8(13)6-14-5-7/h2-6,15H,1H3. The lowest BCUT2D eigenvalue weighted by molar-refractivity contribution is 0.105. The van der Waals surface area contributed by atoms with Crippen LogP contribution in [0.25, 0.3) is 0 Å². The van der Waals surface area contributed by atoms with Crippen LogP contribution in [0, 0.1) is 5.82 Å². The summed E-state index contributed by atoms with van der Waals surface area (Å²) in [7, 11) is 0. The first-order valence-electron chi connectivity index (χ1n) is 4.58. The SMILES string of the molecule is CC(O)(c1cncc(F)c1)c1sccc1Cl. The van der Waals surface area contributed by atoms with Gasteiger partial charge in [0.1, 0.15) is 11.4 Å². The summed E-state index contributed by atoms with van der Waals surface area (Å²) in [6, 6.07) is 2.95. The summed E-state index contributed by atoms with van der Waals surface area (Å²) in [6.07, 6.45) is 2.52. The highest BCUT2D eigenvalue weighted by Gasteiger charge is 2.30. The van der Waals surface area contributed by atoms with Gasteiger partial charge in [0, 0.05) is 11.8 Å². The summed E-state index contributed by atoms with van der Waals surface area (Å²) >= 11 is 7.28. The quantitative estimate of drug-likeness (QED) is 0.896. The molecule has 1 atom stereocenters. The third-order valence-corrected chi connectivity index (χ3v) is 3.88. The third kappa shape index (κ3) is 1.96.